The maximum absolute atomic E-state index is 11.6. The minimum absolute atomic E-state index is 0.0291. The second-order valence-corrected chi connectivity index (χ2v) is 6.57. The van der Waals surface area contributed by atoms with E-state index in [1.54, 1.807) is 36.4 Å². The Hall–Kier alpha value is -1.57. The number of phenolic OH excluding ortho intramolecular Hbond substituents is 1. The second kappa shape index (κ2) is 8.33. The molecule has 2 rings (SSSR count). The van der Waals surface area contributed by atoms with E-state index in [1.165, 1.54) is 6.21 Å². The van der Waals surface area contributed by atoms with Crippen molar-refractivity contribution in [3.05, 3.63) is 55.9 Å². The number of halogens is 3. The number of nitrogens with one attached hydrogen (secondary N) is 1. The summed E-state index contributed by atoms with van der Waals surface area (Å²) in [7, 11) is 0. The van der Waals surface area contributed by atoms with Gasteiger partial charge in [-0.25, -0.2) is 5.43 Å². The lowest BCUT2D eigenvalue weighted by molar-refractivity contribution is -0.123. The van der Waals surface area contributed by atoms with Gasteiger partial charge in [0, 0.05) is 15.1 Å². The Morgan fingerprint density at radius 1 is 1.35 bits per heavy atom. The number of hydrazone groups is 1. The van der Waals surface area contributed by atoms with Crippen molar-refractivity contribution in [3.8, 4) is 11.5 Å². The van der Waals surface area contributed by atoms with Crippen LogP contribution in [0.3, 0.4) is 0 Å². The zero-order valence-electron chi connectivity index (χ0n) is 11.6. The van der Waals surface area contributed by atoms with E-state index in [1.807, 2.05) is 0 Å². The van der Waals surface area contributed by atoms with Crippen molar-refractivity contribution in [2.24, 2.45) is 5.10 Å². The Labute approximate surface area is 154 Å². The number of nitrogens with zero attached hydrogens (tertiary/aromatic N) is 1. The molecule has 0 aliphatic carbocycles. The van der Waals surface area contributed by atoms with Crippen molar-refractivity contribution in [2.75, 3.05) is 6.61 Å². The van der Waals surface area contributed by atoms with Crippen LogP contribution in [0.1, 0.15) is 5.56 Å². The number of ether oxygens (including phenoxy) is 1. The molecule has 1 amide bonds. The number of hydrogen-bond acceptors (Lipinski definition) is 4. The van der Waals surface area contributed by atoms with E-state index in [-0.39, 0.29) is 12.4 Å². The molecule has 8 heteroatoms. The van der Waals surface area contributed by atoms with Crippen LogP contribution in [0.25, 0.3) is 0 Å². The van der Waals surface area contributed by atoms with Gasteiger partial charge in [-0.2, -0.15) is 5.10 Å². The summed E-state index contributed by atoms with van der Waals surface area (Å²) in [5.74, 6) is 0.0846. The average Bonchev–Trinajstić information content (AvgIpc) is 2.50. The third kappa shape index (κ3) is 5.53. The third-order valence-electron chi connectivity index (χ3n) is 2.62. The van der Waals surface area contributed by atoms with Crippen LogP contribution in [-0.2, 0) is 4.79 Å². The van der Waals surface area contributed by atoms with E-state index in [4.69, 9.17) is 16.3 Å². The molecule has 0 saturated carbocycles. The van der Waals surface area contributed by atoms with Gasteiger partial charge in [-0.1, -0.05) is 33.6 Å². The highest BCUT2D eigenvalue weighted by molar-refractivity contribution is 9.11. The Morgan fingerprint density at radius 3 is 2.87 bits per heavy atom. The van der Waals surface area contributed by atoms with Gasteiger partial charge >= 0.3 is 0 Å². The number of carbonyl (C=O) groups is 1. The van der Waals surface area contributed by atoms with Crippen molar-refractivity contribution in [1.29, 1.82) is 0 Å². The number of phenols is 1. The molecule has 2 aromatic rings. The van der Waals surface area contributed by atoms with Crippen LogP contribution in [0.4, 0.5) is 0 Å². The molecule has 23 heavy (non-hydrogen) atoms. The summed E-state index contributed by atoms with van der Waals surface area (Å²) in [4.78, 5) is 11.6. The maximum Gasteiger partial charge on any atom is 0.277 e. The van der Waals surface area contributed by atoms with Crippen molar-refractivity contribution >= 4 is 55.6 Å². The summed E-state index contributed by atoms with van der Waals surface area (Å²) in [6.07, 6.45) is 1.34. The first-order valence-corrected chi connectivity index (χ1v) is 8.30. The van der Waals surface area contributed by atoms with Gasteiger partial charge in [-0.15, -0.1) is 0 Å². The minimum atomic E-state index is -0.435. The topological polar surface area (TPSA) is 70.9 Å². The van der Waals surface area contributed by atoms with E-state index >= 15 is 0 Å². The molecule has 120 valence electrons. The first-order valence-electron chi connectivity index (χ1n) is 6.34. The molecule has 0 fully saturated rings. The molecule has 0 radical (unpaired) electrons. The molecule has 5 nitrogen and oxygen atoms in total. The lowest BCUT2D eigenvalue weighted by atomic mass is 10.2. The van der Waals surface area contributed by atoms with Crippen LogP contribution in [0.15, 0.2) is 50.4 Å². The number of benzene rings is 2. The summed E-state index contributed by atoms with van der Waals surface area (Å²) in [5, 5.41) is 14.2. The van der Waals surface area contributed by atoms with Crippen molar-refractivity contribution in [1.82, 2.24) is 5.43 Å². The third-order valence-corrected chi connectivity index (χ3v) is 3.91. The summed E-state index contributed by atoms with van der Waals surface area (Å²) < 4.78 is 6.56. The fraction of sp³-hybridized carbons (Fsp3) is 0.0667. The molecule has 0 spiro atoms. The molecule has 0 heterocycles. The summed E-state index contributed by atoms with van der Waals surface area (Å²) in [6.45, 7) is -0.203. The second-order valence-electron chi connectivity index (χ2n) is 4.36. The van der Waals surface area contributed by atoms with Gasteiger partial charge in [0.25, 0.3) is 5.91 Å². The molecule has 0 aliphatic rings. The predicted molar refractivity (Wildman–Crippen MR) is 96.2 cm³/mol. The molecule has 0 atom stereocenters. The Kier molecular flexibility index (Phi) is 6.44. The van der Waals surface area contributed by atoms with E-state index in [0.29, 0.717) is 20.8 Å². The summed E-state index contributed by atoms with van der Waals surface area (Å²) in [5.41, 5.74) is 2.76. The summed E-state index contributed by atoms with van der Waals surface area (Å²) >= 11 is 12.3. The van der Waals surface area contributed by atoms with Crippen molar-refractivity contribution in [3.63, 3.8) is 0 Å². The molecule has 0 saturated heterocycles. The van der Waals surface area contributed by atoms with E-state index in [9.17, 15) is 9.90 Å². The maximum atomic E-state index is 11.6. The van der Waals surface area contributed by atoms with Crippen LogP contribution < -0.4 is 10.2 Å². The highest BCUT2D eigenvalue weighted by Gasteiger charge is 2.06. The molecule has 2 N–H and O–H groups in total. The Morgan fingerprint density at radius 2 is 2.13 bits per heavy atom. The van der Waals surface area contributed by atoms with Gasteiger partial charge in [-0.05, 0) is 46.3 Å². The molecule has 0 aromatic heterocycles. The fourth-order valence-electron chi connectivity index (χ4n) is 1.60. The zero-order valence-corrected chi connectivity index (χ0v) is 15.5. The van der Waals surface area contributed by atoms with Gasteiger partial charge in [-0.3, -0.25) is 4.79 Å². The molecule has 2 aromatic carbocycles. The molecule has 0 unspecified atom stereocenters. The van der Waals surface area contributed by atoms with Crippen LogP contribution in [0.2, 0.25) is 5.02 Å². The number of amides is 1. The van der Waals surface area contributed by atoms with Gasteiger partial charge in [0.05, 0.1) is 10.7 Å². The van der Waals surface area contributed by atoms with Crippen LogP contribution in [0.5, 0.6) is 11.5 Å². The normalized spacial score (nSPS) is 10.7. The highest BCUT2D eigenvalue weighted by atomic mass is 79.9. The standard InChI is InChI=1S/C15H11Br2ClN2O3/c16-10-4-9(15(22)13(17)5-10)7-19-20-14(21)8-23-12-3-1-2-11(18)6-12/h1-7,22H,8H2,(H,20,21). The van der Waals surface area contributed by atoms with E-state index in [0.717, 1.165) is 4.47 Å². The first kappa shape index (κ1) is 17.8. The van der Waals surface area contributed by atoms with Crippen LogP contribution in [0, 0.1) is 0 Å². The lowest BCUT2D eigenvalue weighted by Crippen LogP contribution is -2.24. The SMILES string of the molecule is O=C(COc1cccc(Cl)c1)NN=Cc1cc(Br)cc(Br)c1O. The number of rotatable bonds is 5. The number of aromatic hydroxyl groups is 1. The molecular weight excluding hydrogens is 451 g/mol. The van der Waals surface area contributed by atoms with Gasteiger partial charge in [0.15, 0.2) is 6.61 Å². The van der Waals surface area contributed by atoms with E-state index in [2.05, 4.69) is 42.4 Å². The van der Waals surface area contributed by atoms with Gasteiger partial charge < -0.3 is 9.84 Å². The molecule has 0 bridgehead atoms. The fourth-order valence-corrected chi connectivity index (χ4v) is 3.03. The highest BCUT2D eigenvalue weighted by Crippen LogP contribution is 2.30. The Balaban J connectivity index is 1.89. The minimum Gasteiger partial charge on any atom is -0.506 e. The summed E-state index contributed by atoms with van der Waals surface area (Å²) in [6, 6.07) is 10.1. The average molecular weight is 463 g/mol. The van der Waals surface area contributed by atoms with Crippen LogP contribution in [-0.4, -0.2) is 23.8 Å². The van der Waals surface area contributed by atoms with Gasteiger partial charge in [0.1, 0.15) is 11.5 Å². The smallest absolute Gasteiger partial charge is 0.277 e. The molecular formula is C15H11Br2ClN2O3. The van der Waals surface area contributed by atoms with Crippen LogP contribution >= 0.6 is 43.5 Å². The van der Waals surface area contributed by atoms with Crippen molar-refractivity contribution in [2.45, 2.75) is 0 Å². The number of carbonyl (C=O) groups excluding carboxylic acids is 1. The lowest BCUT2D eigenvalue weighted by Gasteiger charge is -2.05. The Bertz CT molecular complexity index is 753. The zero-order chi connectivity index (χ0) is 16.8. The monoisotopic (exact) mass is 460 g/mol. The van der Waals surface area contributed by atoms with Crippen molar-refractivity contribution < 1.29 is 14.6 Å². The first-order chi connectivity index (χ1) is 11.0. The largest absolute Gasteiger partial charge is 0.506 e. The van der Waals surface area contributed by atoms with Gasteiger partial charge in [0.2, 0.25) is 0 Å². The predicted octanol–water partition coefficient (Wildman–Crippen LogP) is 4.10. The molecule has 0 aliphatic heterocycles. The van der Waals surface area contributed by atoms with E-state index < -0.39 is 5.91 Å². The quantitative estimate of drug-likeness (QED) is 0.519. The number of hydrogen-bond donors (Lipinski definition) is 2.